The van der Waals surface area contributed by atoms with E-state index in [1.54, 1.807) is 0 Å². The van der Waals surface area contributed by atoms with E-state index in [-0.39, 0.29) is 30.4 Å². The van der Waals surface area contributed by atoms with Crippen LogP contribution in [-0.2, 0) is 16.0 Å². The smallest absolute Gasteiger partial charge is 0.253 e. The van der Waals surface area contributed by atoms with Crippen molar-refractivity contribution >= 4 is 11.6 Å². The summed E-state index contributed by atoms with van der Waals surface area (Å²) in [6, 6.07) is 7.96. The summed E-state index contributed by atoms with van der Waals surface area (Å²) in [7, 11) is 1.41. The van der Waals surface area contributed by atoms with Crippen LogP contribution in [0.4, 0.5) is 5.69 Å². The molecule has 1 fully saturated rings. The monoisotopic (exact) mass is 357 g/mol. The number of carbonyl (C=O) groups excluding carboxylic acids is 1. The Hall–Kier alpha value is -2.17. The summed E-state index contributed by atoms with van der Waals surface area (Å²) < 4.78 is 45.4. The number of benzene rings is 2. The molecular weight excluding hydrogens is 324 g/mol. The Morgan fingerprint density at radius 1 is 1.19 bits per heavy atom. The number of hydrogen-bond donors (Lipinski definition) is 0. The lowest BCUT2D eigenvalue weighted by molar-refractivity contribution is -0.122. The summed E-state index contributed by atoms with van der Waals surface area (Å²) >= 11 is 0. The largest absolute Gasteiger partial charge is 0.375 e. The molecule has 0 atom stereocenters. The van der Waals surface area contributed by atoms with Gasteiger partial charge in [-0.15, -0.1) is 0 Å². The lowest BCUT2D eigenvalue weighted by Gasteiger charge is -2.38. The van der Waals surface area contributed by atoms with E-state index in [0.29, 0.717) is 12.8 Å². The normalized spacial score (nSPS) is 18.4. The number of nitrogens with zero attached hydrogens (tertiary/aromatic N) is 2. The number of ether oxygens (including phenoxy) is 1. The Balaban J connectivity index is 1.78. The quantitative estimate of drug-likeness (QED) is 0.762. The summed E-state index contributed by atoms with van der Waals surface area (Å²) in [5, 5.41) is 0. The molecule has 1 amide bonds. The number of para-hydroxylation sites is 1. The number of anilines is 1. The van der Waals surface area contributed by atoms with E-state index >= 15 is 0 Å². The summed E-state index contributed by atoms with van der Waals surface area (Å²) in [6.07, 6.45) is 2.26. The van der Waals surface area contributed by atoms with Crippen LogP contribution in [-0.4, -0.2) is 50.2 Å². The zero-order valence-electron chi connectivity index (χ0n) is 20.1. The Morgan fingerprint density at radius 3 is 2.54 bits per heavy atom. The molecule has 1 aliphatic rings. The van der Waals surface area contributed by atoms with Crippen molar-refractivity contribution in [3.63, 3.8) is 0 Å². The predicted molar refractivity (Wildman–Crippen MR) is 105 cm³/mol. The van der Waals surface area contributed by atoms with E-state index in [1.807, 2.05) is 18.2 Å². The van der Waals surface area contributed by atoms with Crippen molar-refractivity contribution in [1.82, 2.24) is 4.90 Å². The summed E-state index contributed by atoms with van der Waals surface area (Å²) in [6.45, 7) is 2.24. The number of piperidine rings is 1. The maximum Gasteiger partial charge on any atom is 0.253 e. The van der Waals surface area contributed by atoms with E-state index in [0.717, 1.165) is 26.1 Å². The standard InChI is InChI=1S/C22H28N2O2/c1-26-18-22(25)24(20-10-6-3-7-11-20)21-13-16-23(17-14-21)15-12-19-8-4-2-5-9-19/h2-11,21H,12-18H2,1H3/i3D,6D,7D,10D,11D. The first kappa shape index (κ1) is 13.1. The van der Waals surface area contributed by atoms with Crippen molar-refractivity contribution in [2.45, 2.75) is 25.3 Å². The minimum atomic E-state index is -0.464. The van der Waals surface area contributed by atoms with Gasteiger partial charge in [0.2, 0.25) is 0 Å². The fourth-order valence-corrected chi connectivity index (χ4v) is 3.40. The molecule has 26 heavy (non-hydrogen) atoms. The van der Waals surface area contributed by atoms with E-state index in [1.165, 1.54) is 17.6 Å². The average Bonchev–Trinajstić information content (AvgIpc) is 2.79. The van der Waals surface area contributed by atoms with Crippen LogP contribution in [0.3, 0.4) is 0 Å². The molecule has 0 N–H and O–H groups in total. The second kappa shape index (κ2) is 9.51. The van der Waals surface area contributed by atoms with Gasteiger partial charge in [-0.05, 0) is 36.9 Å². The maximum absolute atomic E-state index is 12.9. The average molecular weight is 358 g/mol. The summed E-state index contributed by atoms with van der Waals surface area (Å²) in [4.78, 5) is 16.6. The SMILES string of the molecule is [2H]c1c([2H])c([2H])c(N(C(=O)COC)C2CCN(CCc3ccccc3)CC2)c([2H])c1[2H]. The van der Waals surface area contributed by atoms with Crippen molar-refractivity contribution in [3.05, 3.63) is 66.1 Å². The Kier molecular flexibility index (Phi) is 4.78. The number of amides is 1. The number of carbonyl (C=O) groups is 1. The maximum atomic E-state index is 12.9. The third kappa shape index (κ3) is 4.93. The van der Waals surface area contributed by atoms with Crippen LogP contribution >= 0.6 is 0 Å². The zero-order valence-corrected chi connectivity index (χ0v) is 15.1. The molecule has 0 aliphatic carbocycles. The van der Waals surface area contributed by atoms with Crippen molar-refractivity contribution in [2.75, 3.05) is 38.3 Å². The highest BCUT2D eigenvalue weighted by Crippen LogP contribution is 2.24. The summed E-state index contributed by atoms with van der Waals surface area (Å²) in [5.74, 6) is -0.399. The highest BCUT2D eigenvalue weighted by molar-refractivity contribution is 5.94. The molecule has 1 aliphatic heterocycles. The van der Waals surface area contributed by atoms with E-state index < -0.39 is 24.0 Å². The lowest BCUT2D eigenvalue weighted by Crippen LogP contribution is -2.49. The molecule has 1 saturated heterocycles. The lowest BCUT2D eigenvalue weighted by atomic mass is 10.0. The molecule has 0 radical (unpaired) electrons. The molecule has 0 saturated carbocycles. The van der Waals surface area contributed by atoms with Gasteiger partial charge in [0.1, 0.15) is 6.61 Å². The fourth-order valence-electron chi connectivity index (χ4n) is 3.40. The van der Waals surface area contributed by atoms with Crippen LogP contribution in [0.1, 0.15) is 25.3 Å². The van der Waals surface area contributed by atoms with Gasteiger partial charge in [0.25, 0.3) is 5.91 Å². The number of likely N-dealkylation sites (tertiary alicyclic amines) is 1. The summed E-state index contributed by atoms with van der Waals surface area (Å²) in [5.41, 5.74) is 1.22. The fraction of sp³-hybridized carbons (Fsp3) is 0.409. The Bertz CT molecular complexity index is 889. The highest BCUT2D eigenvalue weighted by atomic mass is 16.5. The van der Waals surface area contributed by atoms with Crippen LogP contribution in [0.15, 0.2) is 60.5 Å². The van der Waals surface area contributed by atoms with Gasteiger partial charge in [-0.2, -0.15) is 0 Å². The Morgan fingerprint density at radius 2 is 1.88 bits per heavy atom. The molecule has 3 rings (SSSR count). The van der Waals surface area contributed by atoms with Gasteiger partial charge < -0.3 is 14.5 Å². The number of methoxy groups -OCH3 is 1. The van der Waals surface area contributed by atoms with Crippen molar-refractivity contribution in [1.29, 1.82) is 0 Å². The third-order valence-electron chi connectivity index (χ3n) is 4.75. The first-order valence-corrected chi connectivity index (χ1v) is 8.99. The van der Waals surface area contributed by atoms with Crippen molar-refractivity contribution in [3.8, 4) is 0 Å². The molecule has 2 aromatic carbocycles. The minimum absolute atomic E-state index is 0.0595. The van der Waals surface area contributed by atoms with Crippen LogP contribution in [0.25, 0.3) is 0 Å². The molecule has 2 aromatic rings. The van der Waals surface area contributed by atoms with Gasteiger partial charge in [-0.25, -0.2) is 0 Å². The predicted octanol–water partition coefficient (Wildman–Crippen LogP) is 3.37. The van der Waals surface area contributed by atoms with Gasteiger partial charge in [0, 0.05) is 38.5 Å². The zero-order chi connectivity index (χ0) is 22.5. The molecular formula is C22H28N2O2. The second-order valence-electron chi connectivity index (χ2n) is 6.48. The molecule has 138 valence electrons. The van der Waals surface area contributed by atoms with Crippen LogP contribution in [0.2, 0.25) is 0 Å². The molecule has 0 unspecified atom stereocenters. The molecule has 0 aromatic heterocycles. The molecule has 0 spiro atoms. The highest BCUT2D eigenvalue weighted by Gasteiger charge is 2.28. The first-order chi connectivity index (χ1) is 14.8. The van der Waals surface area contributed by atoms with Crippen LogP contribution in [0.5, 0.6) is 0 Å². The molecule has 0 bridgehead atoms. The van der Waals surface area contributed by atoms with Gasteiger partial charge in [-0.3, -0.25) is 4.79 Å². The molecule has 4 heteroatoms. The topological polar surface area (TPSA) is 32.8 Å². The van der Waals surface area contributed by atoms with E-state index in [4.69, 9.17) is 11.6 Å². The number of hydrogen-bond acceptors (Lipinski definition) is 3. The third-order valence-corrected chi connectivity index (χ3v) is 4.75. The molecule has 1 heterocycles. The van der Waals surface area contributed by atoms with Gasteiger partial charge in [-0.1, -0.05) is 48.5 Å². The van der Waals surface area contributed by atoms with Gasteiger partial charge in [0.15, 0.2) is 0 Å². The van der Waals surface area contributed by atoms with Crippen molar-refractivity contribution < 1.29 is 16.4 Å². The van der Waals surface area contributed by atoms with Gasteiger partial charge in [0.05, 0.1) is 6.85 Å². The first-order valence-electron chi connectivity index (χ1n) is 11.5. The Labute approximate surface area is 163 Å². The van der Waals surface area contributed by atoms with Crippen LogP contribution < -0.4 is 4.90 Å². The number of rotatable bonds is 7. The van der Waals surface area contributed by atoms with Gasteiger partial charge >= 0.3 is 0 Å². The molecule has 4 nitrogen and oxygen atoms in total. The van der Waals surface area contributed by atoms with E-state index in [2.05, 4.69) is 17.0 Å². The van der Waals surface area contributed by atoms with Crippen molar-refractivity contribution in [2.24, 2.45) is 0 Å². The second-order valence-corrected chi connectivity index (χ2v) is 6.48. The van der Waals surface area contributed by atoms with Crippen LogP contribution in [0, 0.1) is 0 Å². The van der Waals surface area contributed by atoms with E-state index in [9.17, 15) is 4.79 Å². The minimum Gasteiger partial charge on any atom is -0.375 e.